The van der Waals surface area contributed by atoms with Crippen molar-refractivity contribution in [3.05, 3.63) is 28.2 Å². The lowest BCUT2D eigenvalue weighted by Crippen LogP contribution is -2.19. The molecule has 0 fully saturated rings. The van der Waals surface area contributed by atoms with Crippen molar-refractivity contribution in [1.29, 1.82) is 0 Å². The summed E-state index contributed by atoms with van der Waals surface area (Å²) in [4.78, 5) is 10.3. The van der Waals surface area contributed by atoms with Crippen LogP contribution >= 0.6 is 31.9 Å². The number of esters is 1. The Balaban J connectivity index is 3.15. The highest BCUT2D eigenvalue weighted by atomic mass is 79.9. The van der Waals surface area contributed by atoms with E-state index in [4.69, 9.17) is 0 Å². The van der Waals surface area contributed by atoms with Gasteiger partial charge in [0.2, 0.25) is 0 Å². The molecule has 18 heavy (non-hydrogen) atoms. The van der Waals surface area contributed by atoms with Crippen molar-refractivity contribution >= 4 is 37.8 Å². The number of carbonyl (C=O) groups is 1. The van der Waals surface area contributed by atoms with Crippen LogP contribution in [0.15, 0.2) is 22.7 Å². The molecule has 1 atom stereocenters. The van der Waals surface area contributed by atoms with Crippen molar-refractivity contribution < 1.29 is 27.4 Å². The molecule has 3 nitrogen and oxygen atoms in total. The first-order valence-corrected chi connectivity index (χ1v) is 6.22. The lowest BCUT2D eigenvalue weighted by molar-refractivity contribution is -0.275. The fraction of sp³-hybridized carbons (Fsp3) is 0.300. The van der Waals surface area contributed by atoms with Gasteiger partial charge >= 0.3 is 12.3 Å². The topological polar surface area (TPSA) is 35.5 Å². The third-order valence-electron chi connectivity index (χ3n) is 1.88. The van der Waals surface area contributed by atoms with Gasteiger partial charge in [-0.25, -0.2) is 0 Å². The highest BCUT2D eigenvalue weighted by Gasteiger charge is 2.34. The molecule has 1 unspecified atom stereocenters. The summed E-state index contributed by atoms with van der Waals surface area (Å²) in [5.41, 5.74) is 0.0300. The lowest BCUT2D eigenvalue weighted by Gasteiger charge is -2.16. The molecule has 0 aliphatic heterocycles. The normalized spacial score (nSPS) is 13.0. The van der Waals surface area contributed by atoms with Gasteiger partial charge in [0, 0.05) is 10.0 Å². The van der Waals surface area contributed by atoms with Gasteiger partial charge in [0.1, 0.15) is 10.6 Å². The van der Waals surface area contributed by atoms with E-state index in [-0.39, 0.29) is 5.56 Å². The third kappa shape index (κ3) is 4.16. The van der Waals surface area contributed by atoms with E-state index >= 15 is 0 Å². The van der Waals surface area contributed by atoms with Crippen molar-refractivity contribution in [3.63, 3.8) is 0 Å². The SMILES string of the molecule is COC(=O)C(Br)c1ccc(Br)cc1OC(F)(F)F. The van der Waals surface area contributed by atoms with Crippen LogP contribution in [0.2, 0.25) is 0 Å². The minimum Gasteiger partial charge on any atom is -0.468 e. The maximum absolute atomic E-state index is 12.2. The number of benzene rings is 1. The third-order valence-corrected chi connectivity index (χ3v) is 3.24. The number of methoxy groups -OCH3 is 1. The molecule has 8 heteroatoms. The first-order valence-electron chi connectivity index (χ1n) is 4.51. The maximum Gasteiger partial charge on any atom is 0.573 e. The number of hydrogen-bond acceptors (Lipinski definition) is 3. The Morgan fingerprint density at radius 1 is 1.39 bits per heavy atom. The molecule has 100 valence electrons. The van der Waals surface area contributed by atoms with Gasteiger partial charge in [-0.2, -0.15) is 0 Å². The van der Waals surface area contributed by atoms with Gasteiger partial charge < -0.3 is 9.47 Å². The summed E-state index contributed by atoms with van der Waals surface area (Å²) < 4.78 is 45.4. The van der Waals surface area contributed by atoms with Crippen LogP contribution in [0.3, 0.4) is 0 Å². The van der Waals surface area contributed by atoms with E-state index in [2.05, 4.69) is 41.3 Å². The van der Waals surface area contributed by atoms with E-state index in [9.17, 15) is 18.0 Å². The van der Waals surface area contributed by atoms with E-state index in [1.807, 2.05) is 0 Å². The zero-order valence-corrected chi connectivity index (χ0v) is 12.1. The Morgan fingerprint density at radius 2 is 2.00 bits per heavy atom. The Hall–Kier alpha value is -0.760. The van der Waals surface area contributed by atoms with Gasteiger partial charge in [-0.05, 0) is 12.1 Å². The Kier molecular flexibility index (Phi) is 5.03. The molecule has 0 saturated carbocycles. The summed E-state index contributed by atoms with van der Waals surface area (Å²) >= 11 is 5.99. The molecule has 0 N–H and O–H groups in total. The van der Waals surface area contributed by atoms with E-state index < -0.39 is 22.9 Å². The molecule has 1 aromatic rings. The minimum absolute atomic E-state index is 0.0300. The summed E-state index contributed by atoms with van der Waals surface area (Å²) in [6.07, 6.45) is -4.83. The Labute approximate surface area is 118 Å². The molecule has 0 spiro atoms. The van der Waals surface area contributed by atoms with E-state index in [0.29, 0.717) is 4.47 Å². The Bertz CT molecular complexity index is 448. The van der Waals surface area contributed by atoms with Crippen LogP contribution in [0.1, 0.15) is 10.4 Å². The number of halogens is 5. The average molecular weight is 392 g/mol. The number of hydrogen-bond donors (Lipinski definition) is 0. The van der Waals surface area contributed by atoms with Gasteiger partial charge in [-0.1, -0.05) is 37.9 Å². The van der Waals surface area contributed by atoms with Crippen molar-refractivity contribution in [2.45, 2.75) is 11.2 Å². The highest BCUT2D eigenvalue weighted by Crippen LogP contribution is 2.36. The summed E-state index contributed by atoms with van der Waals surface area (Å²) in [5, 5.41) is 0. The van der Waals surface area contributed by atoms with E-state index in [1.54, 1.807) is 0 Å². The molecule has 0 aromatic heterocycles. The van der Waals surface area contributed by atoms with Crippen LogP contribution in [0.4, 0.5) is 13.2 Å². The van der Waals surface area contributed by atoms with Crippen molar-refractivity contribution in [2.24, 2.45) is 0 Å². The molecule has 1 aromatic carbocycles. The molecule has 0 bridgehead atoms. The fourth-order valence-corrected chi connectivity index (χ4v) is 2.07. The lowest BCUT2D eigenvalue weighted by atomic mass is 10.1. The van der Waals surface area contributed by atoms with Gasteiger partial charge in [0.25, 0.3) is 0 Å². The summed E-state index contributed by atoms with van der Waals surface area (Å²) in [6.45, 7) is 0. The summed E-state index contributed by atoms with van der Waals surface area (Å²) in [5.74, 6) is -1.19. The second kappa shape index (κ2) is 5.92. The molecule has 0 heterocycles. The summed E-state index contributed by atoms with van der Waals surface area (Å²) in [7, 11) is 1.14. The molecule has 0 saturated heterocycles. The van der Waals surface area contributed by atoms with E-state index in [1.165, 1.54) is 12.1 Å². The molecule has 0 radical (unpaired) electrons. The number of carbonyl (C=O) groups excluding carboxylic acids is 1. The van der Waals surface area contributed by atoms with Crippen LogP contribution < -0.4 is 4.74 Å². The van der Waals surface area contributed by atoms with Gasteiger partial charge in [-0.15, -0.1) is 13.2 Å². The van der Waals surface area contributed by atoms with Crippen LogP contribution in [0, 0.1) is 0 Å². The standard InChI is InChI=1S/C10H7Br2F3O3/c1-17-9(16)8(12)6-3-2-5(11)4-7(6)18-10(13,14)15/h2-4,8H,1H3. The molecule has 0 aliphatic rings. The molecular formula is C10H7Br2F3O3. The molecule has 0 aliphatic carbocycles. The largest absolute Gasteiger partial charge is 0.573 e. The second-order valence-corrected chi connectivity index (χ2v) is 4.95. The van der Waals surface area contributed by atoms with Crippen LogP contribution in [-0.2, 0) is 9.53 Å². The average Bonchev–Trinajstić information content (AvgIpc) is 2.25. The van der Waals surface area contributed by atoms with Crippen molar-refractivity contribution in [1.82, 2.24) is 0 Å². The first kappa shape index (κ1) is 15.3. The van der Waals surface area contributed by atoms with E-state index in [0.717, 1.165) is 13.2 Å². The predicted molar refractivity (Wildman–Crippen MR) is 64.5 cm³/mol. The highest BCUT2D eigenvalue weighted by molar-refractivity contribution is 9.10. The van der Waals surface area contributed by atoms with Crippen molar-refractivity contribution in [2.75, 3.05) is 7.11 Å². The molecule has 0 amide bonds. The number of ether oxygens (including phenoxy) is 2. The van der Waals surface area contributed by atoms with Gasteiger partial charge in [0.15, 0.2) is 0 Å². The Morgan fingerprint density at radius 3 is 2.50 bits per heavy atom. The minimum atomic E-state index is -4.83. The second-order valence-electron chi connectivity index (χ2n) is 3.12. The van der Waals surface area contributed by atoms with Gasteiger partial charge in [-0.3, -0.25) is 4.79 Å². The summed E-state index contributed by atoms with van der Waals surface area (Å²) in [6, 6.07) is 3.96. The zero-order valence-electron chi connectivity index (χ0n) is 8.92. The van der Waals surface area contributed by atoms with Crippen molar-refractivity contribution in [3.8, 4) is 5.75 Å². The smallest absolute Gasteiger partial charge is 0.468 e. The molecule has 1 rings (SSSR count). The first-order chi connectivity index (χ1) is 8.24. The number of rotatable bonds is 3. The fourth-order valence-electron chi connectivity index (χ4n) is 1.16. The van der Waals surface area contributed by atoms with Crippen LogP contribution in [-0.4, -0.2) is 19.4 Å². The number of alkyl halides is 4. The zero-order chi connectivity index (χ0) is 13.9. The predicted octanol–water partition coefficient (Wildman–Crippen LogP) is 3.96. The van der Waals surface area contributed by atoms with Gasteiger partial charge in [0.05, 0.1) is 7.11 Å². The molecular weight excluding hydrogens is 385 g/mol. The monoisotopic (exact) mass is 390 g/mol. The maximum atomic E-state index is 12.2. The quantitative estimate of drug-likeness (QED) is 0.578. The van der Waals surface area contributed by atoms with Crippen LogP contribution in [0.5, 0.6) is 5.75 Å². The van der Waals surface area contributed by atoms with Crippen LogP contribution in [0.25, 0.3) is 0 Å².